The molecule has 1 heterocycles. The predicted molar refractivity (Wildman–Crippen MR) is 99.6 cm³/mol. The maximum absolute atomic E-state index is 12.6. The molecule has 1 fully saturated rings. The predicted octanol–water partition coefficient (Wildman–Crippen LogP) is 3.66. The lowest BCUT2D eigenvalue weighted by molar-refractivity contribution is -0.139. The molecule has 3 rings (SSSR count). The second-order valence-corrected chi connectivity index (χ2v) is 6.47. The Kier molecular flexibility index (Phi) is 5.26. The van der Waals surface area contributed by atoms with Crippen molar-refractivity contribution in [2.45, 2.75) is 27.2 Å². The Morgan fingerprint density at radius 1 is 1.12 bits per heavy atom. The van der Waals surface area contributed by atoms with Gasteiger partial charge in [-0.1, -0.05) is 18.2 Å². The van der Waals surface area contributed by atoms with Crippen LogP contribution in [0, 0.1) is 19.8 Å². The van der Waals surface area contributed by atoms with E-state index in [-0.39, 0.29) is 18.3 Å². The fourth-order valence-electron chi connectivity index (χ4n) is 3.15. The third kappa shape index (κ3) is 3.72. The molecule has 136 valence electrons. The number of benzene rings is 2. The number of hydrogen-bond donors (Lipinski definition) is 0. The average Bonchev–Trinajstić information content (AvgIpc) is 3.01. The largest absolute Gasteiger partial charge is 0.494 e. The molecule has 0 radical (unpaired) electrons. The van der Waals surface area contributed by atoms with Gasteiger partial charge in [-0.05, 0) is 56.2 Å². The van der Waals surface area contributed by atoms with E-state index in [0.29, 0.717) is 18.9 Å². The second kappa shape index (κ2) is 7.60. The maximum Gasteiger partial charge on any atom is 0.316 e. The molecule has 1 aliphatic heterocycles. The summed E-state index contributed by atoms with van der Waals surface area (Å²) in [6, 6.07) is 13.1. The minimum atomic E-state index is -0.465. The number of esters is 1. The molecule has 0 aliphatic carbocycles. The Morgan fingerprint density at radius 3 is 2.38 bits per heavy atom. The third-order valence-electron chi connectivity index (χ3n) is 4.53. The lowest BCUT2D eigenvalue weighted by Crippen LogP contribution is -2.27. The van der Waals surface area contributed by atoms with Gasteiger partial charge in [0.25, 0.3) is 0 Å². The first-order chi connectivity index (χ1) is 12.5. The van der Waals surface area contributed by atoms with E-state index < -0.39 is 5.92 Å². The van der Waals surface area contributed by atoms with Crippen LogP contribution in [0.25, 0.3) is 0 Å². The zero-order valence-electron chi connectivity index (χ0n) is 15.3. The summed E-state index contributed by atoms with van der Waals surface area (Å²) in [6.45, 7) is 6.65. The third-order valence-corrected chi connectivity index (χ3v) is 4.53. The van der Waals surface area contributed by atoms with Crippen molar-refractivity contribution >= 4 is 17.6 Å². The Labute approximate surface area is 153 Å². The molecule has 1 saturated heterocycles. The molecule has 5 nitrogen and oxygen atoms in total. The van der Waals surface area contributed by atoms with Gasteiger partial charge in [0.2, 0.25) is 5.91 Å². The molecular weight excluding hydrogens is 330 g/mol. The van der Waals surface area contributed by atoms with Crippen LogP contribution in [0.4, 0.5) is 5.69 Å². The summed E-state index contributed by atoms with van der Waals surface area (Å²) in [7, 11) is 0. The summed E-state index contributed by atoms with van der Waals surface area (Å²) in [4.78, 5) is 26.6. The minimum Gasteiger partial charge on any atom is -0.494 e. The molecule has 0 bridgehead atoms. The molecule has 0 spiro atoms. The Hall–Kier alpha value is -2.82. The first kappa shape index (κ1) is 18.0. The Bertz CT molecular complexity index is 793. The SMILES string of the molecule is CCOc1ccc(N2C[C@@H](C(=O)Oc3c(C)cccc3C)CC2=O)cc1. The Balaban J connectivity index is 1.70. The number of nitrogens with zero attached hydrogens (tertiary/aromatic N) is 1. The molecule has 0 aromatic heterocycles. The van der Waals surface area contributed by atoms with Crippen LogP contribution in [0.2, 0.25) is 0 Å². The lowest BCUT2D eigenvalue weighted by atomic mass is 10.1. The van der Waals surface area contributed by atoms with Crippen molar-refractivity contribution < 1.29 is 19.1 Å². The fraction of sp³-hybridized carbons (Fsp3) is 0.333. The highest BCUT2D eigenvalue weighted by atomic mass is 16.5. The molecule has 5 heteroatoms. The van der Waals surface area contributed by atoms with Crippen LogP contribution in [0.15, 0.2) is 42.5 Å². The molecule has 2 aromatic carbocycles. The van der Waals surface area contributed by atoms with E-state index in [1.807, 2.05) is 63.2 Å². The topological polar surface area (TPSA) is 55.8 Å². The van der Waals surface area contributed by atoms with Gasteiger partial charge in [0.05, 0.1) is 12.5 Å². The molecule has 0 saturated carbocycles. The maximum atomic E-state index is 12.6. The molecule has 26 heavy (non-hydrogen) atoms. The van der Waals surface area contributed by atoms with E-state index in [2.05, 4.69) is 0 Å². The minimum absolute atomic E-state index is 0.0717. The van der Waals surface area contributed by atoms with Crippen LogP contribution in [-0.4, -0.2) is 25.0 Å². The van der Waals surface area contributed by atoms with Crippen molar-refractivity contribution in [2.24, 2.45) is 5.92 Å². The van der Waals surface area contributed by atoms with Gasteiger partial charge < -0.3 is 14.4 Å². The average molecular weight is 353 g/mol. The summed E-state index contributed by atoms with van der Waals surface area (Å²) < 4.78 is 11.0. The zero-order chi connectivity index (χ0) is 18.7. The number of ether oxygens (including phenoxy) is 2. The summed E-state index contributed by atoms with van der Waals surface area (Å²) in [5.74, 6) is 0.452. The quantitative estimate of drug-likeness (QED) is 0.608. The molecular formula is C21H23NO4. The number of para-hydroxylation sites is 1. The summed E-state index contributed by atoms with van der Waals surface area (Å²) >= 11 is 0. The van der Waals surface area contributed by atoms with Crippen molar-refractivity contribution in [2.75, 3.05) is 18.1 Å². The fourth-order valence-corrected chi connectivity index (χ4v) is 3.15. The molecule has 1 aliphatic rings. The lowest BCUT2D eigenvalue weighted by Gasteiger charge is -2.17. The van der Waals surface area contributed by atoms with Crippen LogP contribution in [-0.2, 0) is 9.59 Å². The molecule has 0 unspecified atom stereocenters. The number of carbonyl (C=O) groups excluding carboxylic acids is 2. The normalized spacial score (nSPS) is 16.7. The molecule has 1 amide bonds. The van der Waals surface area contributed by atoms with E-state index in [1.165, 1.54) is 0 Å². The van der Waals surface area contributed by atoms with Gasteiger partial charge in [-0.15, -0.1) is 0 Å². The Morgan fingerprint density at radius 2 is 1.77 bits per heavy atom. The van der Waals surface area contributed by atoms with Gasteiger partial charge >= 0.3 is 5.97 Å². The second-order valence-electron chi connectivity index (χ2n) is 6.47. The van der Waals surface area contributed by atoms with E-state index >= 15 is 0 Å². The first-order valence-electron chi connectivity index (χ1n) is 8.80. The van der Waals surface area contributed by atoms with E-state index in [1.54, 1.807) is 4.90 Å². The monoisotopic (exact) mass is 353 g/mol. The smallest absolute Gasteiger partial charge is 0.316 e. The highest BCUT2D eigenvalue weighted by molar-refractivity contribution is 5.99. The van der Waals surface area contributed by atoms with Gasteiger partial charge in [-0.3, -0.25) is 9.59 Å². The van der Waals surface area contributed by atoms with Crippen LogP contribution in [0.5, 0.6) is 11.5 Å². The number of amides is 1. The summed E-state index contributed by atoms with van der Waals surface area (Å²) in [5, 5.41) is 0. The molecule has 2 aromatic rings. The van der Waals surface area contributed by atoms with Gasteiger partial charge in [0.15, 0.2) is 0 Å². The zero-order valence-corrected chi connectivity index (χ0v) is 15.3. The van der Waals surface area contributed by atoms with Crippen LogP contribution in [0.3, 0.4) is 0 Å². The summed E-state index contributed by atoms with van der Waals surface area (Å²) in [5.41, 5.74) is 2.58. The molecule has 1 atom stereocenters. The van der Waals surface area contributed by atoms with Crippen LogP contribution >= 0.6 is 0 Å². The van der Waals surface area contributed by atoms with Crippen LogP contribution in [0.1, 0.15) is 24.5 Å². The van der Waals surface area contributed by atoms with E-state index in [9.17, 15) is 9.59 Å². The number of hydrogen-bond acceptors (Lipinski definition) is 4. The van der Waals surface area contributed by atoms with Crippen molar-refractivity contribution in [3.8, 4) is 11.5 Å². The van der Waals surface area contributed by atoms with Gasteiger partial charge in [0.1, 0.15) is 11.5 Å². The van der Waals surface area contributed by atoms with Gasteiger partial charge in [0, 0.05) is 18.7 Å². The first-order valence-corrected chi connectivity index (χ1v) is 8.80. The van der Waals surface area contributed by atoms with Crippen molar-refractivity contribution in [3.05, 3.63) is 53.6 Å². The van der Waals surface area contributed by atoms with Gasteiger partial charge in [-0.25, -0.2) is 0 Å². The molecule has 0 N–H and O–H groups in total. The standard InChI is InChI=1S/C21H23NO4/c1-4-25-18-10-8-17(9-11-18)22-13-16(12-19(22)23)21(24)26-20-14(2)6-5-7-15(20)3/h5-11,16H,4,12-13H2,1-3H3/t16-/m0/s1. The number of carbonyl (C=O) groups is 2. The number of aryl methyl sites for hydroxylation is 2. The van der Waals surface area contributed by atoms with Crippen molar-refractivity contribution in [1.29, 1.82) is 0 Å². The number of anilines is 1. The van der Waals surface area contributed by atoms with Crippen molar-refractivity contribution in [1.82, 2.24) is 0 Å². The van der Waals surface area contributed by atoms with Crippen LogP contribution < -0.4 is 14.4 Å². The highest BCUT2D eigenvalue weighted by Gasteiger charge is 2.36. The van der Waals surface area contributed by atoms with E-state index in [0.717, 1.165) is 22.6 Å². The highest BCUT2D eigenvalue weighted by Crippen LogP contribution is 2.29. The summed E-state index contributed by atoms with van der Waals surface area (Å²) in [6.07, 6.45) is 0.164. The van der Waals surface area contributed by atoms with Crippen molar-refractivity contribution in [3.63, 3.8) is 0 Å². The van der Waals surface area contributed by atoms with E-state index in [4.69, 9.17) is 9.47 Å². The van der Waals surface area contributed by atoms with Gasteiger partial charge in [-0.2, -0.15) is 0 Å². The number of rotatable bonds is 5.